The van der Waals surface area contributed by atoms with Gasteiger partial charge in [-0.1, -0.05) is 34.6 Å². The summed E-state index contributed by atoms with van der Waals surface area (Å²) in [7, 11) is 0. The van der Waals surface area contributed by atoms with Crippen molar-refractivity contribution in [2.45, 2.75) is 72.4 Å². The van der Waals surface area contributed by atoms with E-state index in [9.17, 15) is 23.6 Å². The third-order valence-corrected chi connectivity index (χ3v) is 6.33. The number of amides is 4. The molecule has 0 saturated carbocycles. The molecule has 0 radical (unpaired) electrons. The van der Waals surface area contributed by atoms with Gasteiger partial charge in [-0.2, -0.15) is 0 Å². The van der Waals surface area contributed by atoms with Crippen LogP contribution in [0.5, 0.6) is 0 Å². The zero-order chi connectivity index (χ0) is 27.0. The fraction of sp³-hybridized carbons (Fsp3) is 0.615. The van der Waals surface area contributed by atoms with E-state index in [0.717, 1.165) is 0 Å². The van der Waals surface area contributed by atoms with Gasteiger partial charge in [0.1, 0.15) is 11.9 Å². The predicted octanol–water partition coefficient (Wildman–Crippen LogP) is 2.64. The third kappa shape index (κ3) is 8.58. The number of nitrogens with one attached hydrogen (secondary N) is 3. The second kappa shape index (κ2) is 12.8. The predicted molar refractivity (Wildman–Crippen MR) is 132 cm³/mol. The average molecular weight is 507 g/mol. The molecule has 0 spiro atoms. The maximum atomic E-state index is 13.5. The van der Waals surface area contributed by atoms with Crippen LogP contribution in [0.15, 0.2) is 24.3 Å². The summed E-state index contributed by atoms with van der Waals surface area (Å²) >= 11 is 0. The molecular formula is C26H39FN4O5. The van der Waals surface area contributed by atoms with Gasteiger partial charge in [0.2, 0.25) is 17.7 Å². The van der Waals surface area contributed by atoms with Gasteiger partial charge in [-0.15, -0.1) is 0 Å². The van der Waals surface area contributed by atoms with E-state index in [4.69, 9.17) is 5.21 Å². The molecule has 0 aromatic heterocycles. The molecule has 200 valence electrons. The van der Waals surface area contributed by atoms with Gasteiger partial charge in [0, 0.05) is 37.0 Å². The third-order valence-electron chi connectivity index (χ3n) is 6.33. The summed E-state index contributed by atoms with van der Waals surface area (Å²) in [5.41, 5.74) is 1.36. The van der Waals surface area contributed by atoms with E-state index in [-0.39, 0.29) is 30.2 Å². The Bertz CT molecular complexity index is 921. The van der Waals surface area contributed by atoms with Crippen LogP contribution in [0.3, 0.4) is 0 Å². The molecule has 1 fully saturated rings. The number of carbonyl (C=O) groups is 4. The van der Waals surface area contributed by atoms with Gasteiger partial charge < -0.3 is 15.5 Å². The fourth-order valence-corrected chi connectivity index (χ4v) is 4.33. The molecule has 2 atom stereocenters. The quantitative estimate of drug-likeness (QED) is 0.302. The molecule has 1 aromatic rings. The summed E-state index contributed by atoms with van der Waals surface area (Å²) < 4.78 is 13.1. The van der Waals surface area contributed by atoms with Crippen LogP contribution in [-0.2, 0) is 14.4 Å². The van der Waals surface area contributed by atoms with Crippen LogP contribution >= 0.6 is 0 Å². The highest BCUT2D eigenvalue weighted by molar-refractivity contribution is 5.94. The summed E-state index contributed by atoms with van der Waals surface area (Å²) in [6, 6.07) is 4.40. The minimum absolute atomic E-state index is 0.123. The molecule has 0 bridgehead atoms. The smallest absolute Gasteiger partial charge is 0.251 e. The summed E-state index contributed by atoms with van der Waals surface area (Å²) in [4.78, 5) is 52.4. The van der Waals surface area contributed by atoms with Crippen molar-refractivity contribution in [1.29, 1.82) is 0 Å². The Morgan fingerprint density at radius 3 is 2.17 bits per heavy atom. The number of hydrogen-bond acceptors (Lipinski definition) is 5. The van der Waals surface area contributed by atoms with E-state index in [1.807, 2.05) is 34.6 Å². The van der Waals surface area contributed by atoms with Gasteiger partial charge >= 0.3 is 0 Å². The highest BCUT2D eigenvalue weighted by Crippen LogP contribution is 2.25. The number of benzene rings is 1. The lowest BCUT2D eigenvalue weighted by Crippen LogP contribution is -2.58. The molecule has 0 unspecified atom stereocenters. The molecule has 1 aromatic carbocycles. The van der Waals surface area contributed by atoms with E-state index >= 15 is 0 Å². The van der Waals surface area contributed by atoms with E-state index in [1.54, 1.807) is 10.4 Å². The lowest BCUT2D eigenvalue weighted by Gasteiger charge is -2.39. The summed E-state index contributed by atoms with van der Waals surface area (Å²) in [6.45, 7) is 10.3. The van der Waals surface area contributed by atoms with Crippen LogP contribution in [-0.4, -0.2) is 58.9 Å². The van der Waals surface area contributed by atoms with Crippen molar-refractivity contribution in [3.05, 3.63) is 35.6 Å². The monoisotopic (exact) mass is 506 g/mol. The van der Waals surface area contributed by atoms with Crippen molar-refractivity contribution < 1.29 is 28.8 Å². The molecule has 4 amide bonds. The van der Waals surface area contributed by atoms with Gasteiger partial charge in [-0.25, -0.2) is 9.87 Å². The zero-order valence-corrected chi connectivity index (χ0v) is 21.8. The first-order chi connectivity index (χ1) is 16.8. The van der Waals surface area contributed by atoms with E-state index in [2.05, 4.69) is 10.6 Å². The highest BCUT2D eigenvalue weighted by Gasteiger charge is 2.38. The maximum Gasteiger partial charge on any atom is 0.251 e. The van der Waals surface area contributed by atoms with Crippen molar-refractivity contribution in [2.24, 2.45) is 17.3 Å². The largest absolute Gasteiger partial charge is 0.349 e. The van der Waals surface area contributed by atoms with Crippen LogP contribution in [0.4, 0.5) is 4.39 Å². The average Bonchev–Trinajstić information content (AvgIpc) is 2.81. The second-order valence-corrected chi connectivity index (χ2v) is 11.0. The van der Waals surface area contributed by atoms with Gasteiger partial charge in [0.25, 0.3) is 5.91 Å². The highest BCUT2D eigenvalue weighted by atomic mass is 19.1. The molecule has 0 aliphatic carbocycles. The lowest BCUT2D eigenvalue weighted by molar-refractivity contribution is -0.142. The molecule has 1 aliphatic rings. The summed E-state index contributed by atoms with van der Waals surface area (Å²) in [5, 5.41) is 14.7. The van der Waals surface area contributed by atoms with Crippen LogP contribution in [0, 0.1) is 23.1 Å². The van der Waals surface area contributed by atoms with Crippen LogP contribution in [0.2, 0.25) is 0 Å². The number of piperidine rings is 1. The molecule has 4 N–H and O–H groups in total. The van der Waals surface area contributed by atoms with E-state index in [0.29, 0.717) is 37.9 Å². The zero-order valence-electron chi connectivity index (χ0n) is 21.8. The minimum Gasteiger partial charge on any atom is -0.349 e. The summed E-state index contributed by atoms with van der Waals surface area (Å²) in [6.07, 6.45) is 1.36. The van der Waals surface area contributed by atoms with Crippen molar-refractivity contribution in [3.8, 4) is 0 Å². The molecule has 1 heterocycles. The SMILES string of the molecule is CC(C)C[C@H](CC(=O)NO)C(=O)N[C@H](C(=O)N1CCC(NC(=O)c2ccc(F)cc2)CC1)C(C)(C)C. The van der Waals surface area contributed by atoms with Gasteiger partial charge in [-0.05, 0) is 54.9 Å². The molecule has 36 heavy (non-hydrogen) atoms. The number of hydrogen-bond donors (Lipinski definition) is 4. The first-order valence-electron chi connectivity index (χ1n) is 12.4. The molecule has 10 heteroatoms. The topological polar surface area (TPSA) is 128 Å². The lowest BCUT2D eigenvalue weighted by atomic mass is 9.84. The second-order valence-electron chi connectivity index (χ2n) is 11.0. The Morgan fingerprint density at radius 2 is 1.67 bits per heavy atom. The van der Waals surface area contributed by atoms with Crippen LogP contribution in [0.1, 0.15) is 70.7 Å². The van der Waals surface area contributed by atoms with Crippen molar-refractivity contribution >= 4 is 23.6 Å². The first kappa shape index (κ1) is 29.2. The number of halogens is 1. The Balaban J connectivity index is 2.01. The number of nitrogens with zero attached hydrogens (tertiary/aromatic N) is 1. The number of carbonyl (C=O) groups excluding carboxylic acids is 4. The molecule has 9 nitrogen and oxygen atoms in total. The van der Waals surface area contributed by atoms with Gasteiger partial charge in [0.05, 0.1) is 0 Å². The molecule has 1 saturated heterocycles. The molecule has 2 rings (SSSR count). The Labute approximate surface area is 212 Å². The minimum atomic E-state index is -0.804. The van der Waals surface area contributed by atoms with Crippen LogP contribution in [0.25, 0.3) is 0 Å². The van der Waals surface area contributed by atoms with Crippen molar-refractivity contribution in [2.75, 3.05) is 13.1 Å². The standard InChI is InChI=1S/C26H39FN4O5/c1-16(2)14-18(15-21(32)30-36)24(34)29-22(26(3,4)5)25(35)31-12-10-20(11-13-31)28-23(33)17-6-8-19(27)9-7-17/h6-9,16,18,20,22,36H,10-15H2,1-5H3,(H,28,33)(H,29,34)(H,30,32)/t18-,22-/m1/s1. The maximum absolute atomic E-state index is 13.5. The number of likely N-dealkylation sites (tertiary alicyclic amines) is 1. The molecular weight excluding hydrogens is 467 g/mol. The van der Waals surface area contributed by atoms with Gasteiger partial charge in [-0.3, -0.25) is 24.4 Å². The number of hydroxylamine groups is 1. The normalized spacial score (nSPS) is 16.3. The van der Waals surface area contributed by atoms with Gasteiger partial charge in [0.15, 0.2) is 0 Å². The Morgan fingerprint density at radius 1 is 1.08 bits per heavy atom. The fourth-order valence-electron chi connectivity index (χ4n) is 4.33. The number of rotatable bonds is 9. The van der Waals surface area contributed by atoms with Crippen LogP contribution < -0.4 is 16.1 Å². The Kier molecular flexibility index (Phi) is 10.4. The van der Waals surface area contributed by atoms with Crippen molar-refractivity contribution in [3.63, 3.8) is 0 Å². The van der Waals surface area contributed by atoms with E-state index < -0.39 is 35.0 Å². The van der Waals surface area contributed by atoms with E-state index in [1.165, 1.54) is 24.3 Å². The Hall–Kier alpha value is -3.01. The van der Waals surface area contributed by atoms with Crippen molar-refractivity contribution in [1.82, 2.24) is 21.0 Å². The first-order valence-corrected chi connectivity index (χ1v) is 12.4. The summed E-state index contributed by atoms with van der Waals surface area (Å²) in [5.74, 6) is -2.51. The molecule has 1 aliphatic heterocycles.